The van der Waals surface area contributed by atoms with Crippen molar-refractivity contribution >= 4 is 39.3 Å². The van der Waals surface area contributed by atoms with E-state index in [1.165, 1.54) is 0 Å². The lowest BCUT2D eigenvalue weighted by atomic mass is 10.1. The van der Waals surface area contributed by atoms with E-state index < -0.39 is 6.09 Å². The second kappa shape index (κ2) is 9.71. The fourth-order valence-corrected chi connectivity index (χ4v) is 5.00. The number of carbonyl (C=O) groups excluding carboxylic acids is 1. The Labute approximate surface area is 221 Å². The Morgan fingerprint density at radius 2 is 1.66 bits per heavy atom. The van der Waals surface area contributed by atoms with Crippen LogP contribution in [0.15, 0.2) is 85.1 Å². The van der Waals surface area contributed by atoms with Gasteiger partial charge in [-0.1, -0.05) is 49.4 Å². The van der Waals surface area contributed by atoms with E-state index in [0.717, 1.165) is 50.7 Å². The van der Waals surface area contributed by atoms with Gasteiger partial charge in [0.15, 0.2) is 17.3 Å². The number of fused-ring (bicyclic) bond motifs is 5. The van der Waals surface area contributed by atoms with Gasteiger partial charge in [-0.15, -0.1) is 0 Å². The number of para-hydroxylation sites is 1. The number of amides is 1. The van der Waals surface area contributed by atoms with Crippen LogP contribution in [-0.2, 0) is 11.2 Å². The number of benzene rings is 3. The highest BCUT2D eigenvalue weighted by atomic mass is 16.6. The van der Waals surface area contributed by atoms with Gasteiger partial charge in [-0.2, -0.15) is 0 Å². The zero-order valence-electron chi connectivity index (χ0n) is 21.8. The maximum Gasteiger partial charge on any atom is 0.415 e. The lowest BCUT2D eigenvalue weighted by molar-refractivity contribution is 0.147. The summed E-state index contributed by atoms with van der Waals surface area (Å²) in [5.74, 6) is 1.50. The highest BCUT2D eigenvalue weighted by molar-refractivity contribution is 5.99. The summed E-state index contributed by atoms with van der Waals surface area (Å²) in [5.41, 5.74) is 4.17. The van der Waals surface area contributed by atoms with E-state index in [0.29, 0.717) is 30.4 Å². The van der Waals surface area contributed by atoms with Crippen molar-refractivity contribution in [2.45, 2.75) is 27.2 Å². The third-order valence-corrected chi connectivity index (χ3v) is 7.08. The van der Waals surface area contributed by atoms with Gasteiger partial charge in [-0.05, 0) is 67.4 Å². The minimum Gasteiger partial charge on any atom is -0.450 e. The molecular formula is C32H29N3O3. The third kappa shape index (κ3) is 3.98. The van der Waals surface area contributed by atoms with Crippen molar-refractivity contribution in [3.05, 3.63) is 102 Å². The SMILES string of the molecule is CCc1ccc2cccc(C3=C(OC(=O)N(CC)CC)c4cccn4-c4cc5ccccc5cc4O3)c2n1. The molecule has 1 aliphatic heterocycles. The van der Waals surface area contributed by atoms with Crippen LogP contribution in [0.2, 0.25) is 0 Å². The normalized spacial score (nSPS) is 12.6. The smallest absolute Gasteiger partial charge is 0.415 e. The molecule has 0 saturated carbocycles. The Bertz CT molecular complexity index is 1710. The van der Waals surface area contributed by atoms with Crippen molar-refractivity contribution < 1.29 is 14.3 Å². The number of hydrogen-bond donors (Lipinski definition) is 0. The fraction of sp³-hybridized carbons (Fsp3) is 0.188. The molecule has 0 spiro atoms. The molecule has 0 fully saturated rings. The van der Waals surface area contributed by atoms with Crippen LogP contribution in [0.1, 0.15) is 37.7 Å². The molecule has 190 valence electrons. The van der Waals surface area contributed by atoms with Crippen LogP contribution in [0.3, 0.4) is 0 Å². The first kappa shape index (κ1) is 23.8. The van der Waals surface area contributed by atoms with Gasteiger partial charge < -0.3 is 18.9 Å². The van der Waals surface area contributed by atoms with Gasteiger partial charge in [-0.25, -0.2) is 4.79 Å². The third-order valence-electron chi connectivity index (χ3n) is 7.08. The van der Waals surface area contributed by atoms with E-state index in [4.69, 9.17) is 14.5 Å². The Morgan fingerprint density at radius 1 is 0.895 bits per heavy atom. The molecule has 3 aromatic carbocycles. The predicted octanol–water partition coefficient (Wildman–Crippen LogP) is 7.44. The van der Waals surface area contributed by atoms with Gasteiger partial charge in [0.2, 0.25) is 0 Å². The first-order valence-electron chi connectivity index (χ1n) is 13.1. The number of nitrogens with zero attached hydrogens (tertiary/aromatic N) is 3. The van der Waals surface area contributed by atoms with Crippen molar-refractivity contribution in [1.29, 1.82) is 0 Å². The Balaban J connectivity index is 1.65. The molecule has 3 heterocycles. The van der Waals surface area contributed by atoms with Crippen LogP contribution in [0, 0.1) is 0 Å². The van der Waals surface area contributed by atoms with Gasteiger partial charge in [0, 0.05) is 35.9 Å². The monoisotopic (exact) mass is 503 g/mol. The van der Waals surface area contributed by atoms with Crippen molar-refractivity contribution in [3.63, 3.8) is 0 Å². The van der Waals surface area contributed by atoms with Gasteiger partial charge in [-0.3, -0.25) is 4.98 Å². The molecular weight excluding hydrogens is 474 g/mol. The summed E-state index contributed by atoms with van der Waals surface area (Å²) in [6.07, 6.45) is 2.36. The molecule has 0 aliphatic carbocycles. The highest BCUT2D eigenvalue weighted by Crippen LogP contribution is 2.42. The van der Waals surface area contributed by atoms with Gasteiger partial charge in [0.05, 0.1) is 16.9 Å². The molecule has 0 saturated heterocycles. The lowest BCUT2D eigenvalue weighted by Gasteiger charge is -2.21. The van der Waals surface area contributed by atoms with Crippen molar-refractivity contribution in [2.75, 3.05) is 13.1 Å². The molecule has 6 heteroatoms. The molecule has 0 N–H and O–H groups in total. The summed E-state index contributed by atoms with van der Waals surface area (Å²) < 4.78 is 15.0. The molecule has 0 atom stereocenters. The van der Waals surface area contributed by atoms with Crippen LogP contribution in [-0.4, -0.2) is 33.6 Å². The quantitative estimate of drug-likeness (QED) is 0.250. The topological polar surface area (TPSA) is 56.6 Å². The van der Waals surface area contributed by atoms with Crippen LogP contribution >= 0.6 is 0 Å². The van der Waals surface area contributed by atoms with Gasteiger partial charge in [0.1, 0.15) is 0 Å². The zero-order chi connectivity index (χ0) is 26.2. The Kier molecular flexibility index (Phi) is 6.08. The molecule has 2 aromatic heterocycles. The molecule has 1 amide bonds. The molecule has 0 radical (unpaired) electrons. The maximum atomic E-state index is 13.3. The second-order valence-electron chi connectivity index (χ2n) is 9.26. The van der Waals surface area contributed by atoms with Gasteiger partial charge >= 0.3 is 6.09 Å². The van der Waals surface area contributed by atoms with Crippen LogP contribution in [0.25, 0.3) is 38.9 Å². The number of hydrogen-bond acceptors (Lipinski definition) is 4. The number of pyridine rings is 1. The van der Waals surface area contributed by atoms with E-state index in [1.54, 1.807) is 4.90 Å². The standard InChI is InChI=1S/C32H29N3O3/c1-4-24-17-16-21-13-9-14-25(29(21)33-24)30-31(38-32(36)34(5-2)6-3)26-15-10-18-35(26)27-19-22-11-7-8-12-23(22)20-28(27)37-30/h7-20H,4-6H2,1-3H3. The van der Waals surface area contributed by atoms with E-state index >= 15 is 0 Å². The van der Waals surface area contributed by atoms with E-state index in [-0.39, 0.29) is 0 Å². The number of ether oxygens (including phenoxy) is 2. The molecule has 38 heavy (non-hydrogen) atoms. The number of carbonyl (C=O) groups is 1. The maximum absolute atomic E-state index is 13.3. The summed E-state index contributed by atoms with van der Waals surface area (Å²) in [5, 5.41) is 3.15. The van der Waals surface area contributed by atoms with E-state index in [9.17, 15) is 4.79 Å². The largest absolute Gasteiger partial charge is 0.450 e. The molecule has 5 aromatic rings. The average molecular weight is 504 g/mol. The number of aromatic nitrogens is 2. The first-order chi connectivity index (χ1) is 18.6. The fourth-order valence-electron chi connectivity index (χ4n) is 5.00. The number of rotatable bonds is 5. The highest BCUT2D eigenvalue weighted by Gasteiger charge is 2.29. The predicted molar refractivity (Wildman–Crippen MR) is 151 cm³/mol. The summed E-state index contributed by atoms with van der Waals surface area (Å²) in [7, 11) is 0. The second-order valence-corrected chi connectivity index (χ2v) is 9.26. The van der Waals surface area contributed by atoms with Crippen molar-refractivity contribution in [2.24, 2.45) is 0 Å². The molecule has 6 nitrogen and oxygen atoms in total. The number of aryl methyl sites for hydroxylation is 1. The zero-order valence-corrected chi connectivity index (χ0v) is 21.8. The van der Waals surface area contributed by atoms with Gasteiger partial charge in [0.25, 0.3) is 0 Å². The minimum atomic E-state index is -0.419. The van der Waals surface area contributed by atoms with Crippen molar-refractivity contribution in [3.8, 4) is 11.4 Å². The van der Waals surface area contributed by atoms with Crippen molar-refractivity contribution in [1.82, 2.24) is 14.5 Å². The average Bonchev–Trinajstić information content (AvgIpc) is 3.40. The summed E-state index contributed by atoms with van der Waals surface area (Å²) in [6.45, 7) is 7.05. The Hall–Kier alpha value is -4.58. The van der Waals surface area contributed by atoms with Crippen LogP contribution in [0.5, 0.6) is 5.75 Å². The van der Waals surface area contributed by atoms with Crippen LogP contribution < -0.4 is 4.74 Å². The lowest BCUT2D eigenvalue weighted by Crippen LogP contribution is -2.31. The summed E-state index contributed by atoms with van der Waals surface area (Å²) in [4.78, 5) is 19.9. The molecule has 6 rings (SSSR count). The van der Waals surface area contributed by atoms with Crippen LogP contribution in [0.4, 0.5) is 4.79 Å². The summed E-state index contributed by atoms with van der Waals surface area (Å²) in [6, 6.07) is 26.4. The molecule has 1 aliphatic rings. The minimum absolute atomic E-state index is 0.364. The molecule has 0 unspecified atom stereocenters. The Morgan fingerprint density at radius 3 is 2.42 bits per heavy atom. The first-order valence-corrected chi connectivity index (χ1v) is 13.1. The van der Waals surface area contributed by atoms with E-state index in [1.807, 2.05) is 79.2 Å². The summed E-state index contributed by atoms with van der Waals surface area (Å²) >= 11 is 0. The molecule has 0 bridgehead atoms. The van der Waals surface area contributed by atoms with E-state index in [2.05, 4.69) is 31.2 Å².